The number of nitrogens with one attached hydrogen (secondary N) is 2. The molecular formula is C28H29Cl2N5O5. The molecule has 0 aliphatic carbocycles. The van der Waals surface area contributed by atoms with E-state index in [2.05, 4.69) is 27.1 Å². The van der Waals surface area contributed by atoms with E-state index in [1.165, 1.54) is 6.08 Å². The second kappa shape index (κ2) is 10.6. The van der Waals surface area contributed by atoms with Crippen LogP contribution in [-0.4, -0.2) is 81.7 Å². The van der Waals surface area contributed by atoms with E-state index in [9.17, 15) is 4.79 Å². The van der Waals surface area contributed by atoms with Crippen molar-refractivity contribution < 1.29 is 23.7 Å². The summed E-state index contributed by atoms with van der Waals surface area (Å²) in [5, 5.41) is 8.81. The van der Waals surface area contributed by atoms with Crippen molar-refractivity contribution in [2.45, 2.75) is 12.1 Å². The predicted octanol–water partition coefficient (Wildman–Crippen LogP) is 3.94. The number of carbonyl (C=O) groups excluding carboxylic acids is 1. The summed E-state index contributed by atoms with van der Waals surface area (Å²) in [6, 6.07) is 5.19. The number of halogens is 2. The Morgan fingerprint density at radius 3 is 2.42 bits per heavy atom. The number of benzene rings is 1. The van der Waals surface area contributed by atoms with Gasteiger partial charge in [0.25, 0.3) is 0 Å². The van der Waals surface area contributed by atoms with Crippen LogP contribution in [0, 0.1) is 5.41 Å². The van der Waals surface area contributed by atoms with E-state index in [0.29, 0.717) is 51.8 Å². The maximum atomic E-state index is 11.9. The van der Waals surface area contributed by atoms with Gasteiger partial charge in [0.2, 0.25) is 5.91 Å². The number of rotatable bonds is 8. The summed E-state index contributed by atoms with van der Waals surface area (Å²) in [5.41, 5.74) is 1.28. The second-order valence-electron chi connectivity index (χ2n) is 10.4. The lowest BCUT2D eigenvalue weighted by molar-refractivity contribution is -0.127. The molecule has 3 aliphatic rings. The Bertz CT molecular complexity index is 1460. The fourth-order valence-electron chi connectivity index (χ4n) is 5.44. The molecule has 2 atom stereocenters. The number of aromatic nitrogens is 2. The fourth-order valence-corrected chi connectivity index (χ4v) is 6.14. The molecule has 5 heterocycles. The Morgan fingerprint density at radius 1 is 1.10 bits per heavy atom. The summed E-state index contributed by atoms with van der Waals surface area (Å²) < 4.78 is 22.1. The summed E-state index contributed by atoms with van der Waals surface area (Å²) in [6.07, 6.45) is 3.04. The quantitative estimate of drug-likeness (QED) is 0.380. The van der Waals surface area contributed by atoms with E-state index in [4.69, 9.17) is 47.1 Å². The molecule has 3 fully saturated rings. The predicted molar refractivity (Wildman–Crippen MR) is 154 cm³/mol. The summed E-state index contributed by atoms with van der Waals surface area (Å²) in [4.78, 5) is 23.9. The van der Waals surface area contributed by atoms with Gasteiger partial charge in [-0.15, -0.1) is 0 Å². The van der Waals surface area contributed by atoms with Crippen molar-refractivity contribution in [3.8, 4) is 22.8 Å². The molecule has 3 saturated heterocycles. The molecule has 0 saturated carbocycles. The third kappa shape index (κ3) is 4.68. The summed E-state index contributed by atoms with van der Waals surface area (Å²) in [6.45, 7) is 7.54. The first-order valence-corrected chi connectivity index (χ1v) is 13.6. The van der Waals surface area contributed by atoms with Gasteiger partial charge in [0, 0.05) is 41.7 Å². The van der Waals surface area contributed by atoms with Crippen LogP contribution in [0.1, 0.15) is 0 Å². The minimum Gasteiger partial charge on any atom is -0.495 e. The fraction of sp³-hybridized carbons (Fsp3) is 0.393. The standard InChI is InChI=1S/C28H29Cl2N5O5/c1-4-23(36)33-19-10-39-9-18(19)32-22-6-16-15(8-31-22)5-17(34-27(16)35-11-28(12-35)13-40-14-28)24-25(29)20(37-2)7-21(38-3)26(24)30/h4-8,18-19H,1,9-14H2,2-3H3,(H,31,32)(H,33,36)/t18-,19+/m1/s1. The molecule has 2 aromatic heterocycles. The zero-order valence-corrected chi connectivity index (χ0v) is 23.6. The van der Waals surface area contributed by atoms with Gasteiger partial charge in [-0.05, 0) is 18.2 Å². The van der Waals surface area contributed by atoms with Crippen molar-refractivity contribution >= 4 is 51.5 Å². The van der Waals surface area contributed by atoms with Crippen molar-refractivity contribution in [3.63, 3.8) is 0 Å². The Kier molecular flexibility index (Phi) is 7.12. The van der Waals surface area contributed by atoms with Crippen molar-refractivity contribution in [1.82, 2.24) is 15.3 Å². The normalized spacial score (nSPS) is 21.1. The summed E-state index contributed by atoms with van der Waals surface area (Å²) in [7, 11) is 3.08. The molecular weight excluding hydrogens is 557 g/mol. The number of methoxy groups -OCH3 is 2. The van der Waals surface area contributed by atoms with Gasteiger partial charge in [0.15, 0.2) is 0 Å². The Morgan fingerprint density at radius 2 is 1.80 bits per heavy atom. The minimum absolute atomic E-state index is 0.147. The zero-order chi connectivity index (χ0) is 28.0. The van der Waals surface area contributed by atoms with E-state index in [1.54, 1.807) is 26.5 Å². The van der Waals surface area contributed by atoms with Crippen LogP contribution in [0.5, 0.6) is 11.5 Å². The van der Waals surface area contributed by atoms with Gasteiger partial charge >= 0.3 is 0 Å². The average molecular weight is 586 g/mol. The van der Waals surface area contributed by atoms with Crippen LogP contribution in [0.25, 0.3) is 22.0 Å². The van der Waals surface area contributed by atoms with Crippen LogP contribution < -0.4 is 25.0 Å². The van der Waals surface area contributed by atoms with E-state index in [-0.39, 0.29) is 23.4 Å². The van der Waals surface area contributed by atoms with Gasteiger partial charge in [0.05, 0.1) is 73.9 Å². The van der Waals surface area contributed by atoms with Crippen molar-refractivity contribution in [2.24, 2.45) is 5.41 Å². The van der Waals surface area contributed by atoms with E-state index < -0.39 is 0 Å². The summed E-state index contributed by atoms with van der Waals surface area (Å²) >= 11 is 13.5. The van der Waals surface area contributed by atoms with Crippen LogP contribution >= 0.6 is 23.2 Å². The third-order valence-corrected chi connectivity index (χ3v) is 8.37. The molecule has 0 bridgehead atoms. The highest BCUT2D eigenvalue weighted by atomic mass is 35.5. The Balaban J connectivity index is 1.41. The van der Waals surface area contributed by atoms with Gasteiger partial charge in [-0.3, -0.25) is 4.79 Å². The van der Waals surface area contributed by atoms with E-state index in [1.807, 2.05) is 12.1 Å². The number of amides is 1. The smallest absolute Gasteiger partial charge is 0.243 e. The maximum Gasteiger partial charge on any atom is 0.243 e. The molecule has 6 rings (SSSR count). The van der Waals surface area contributed by atoms with Crippen molar-refractivity contribution in [1.29, 1.82) is 0 Å². The lowest BCUT2D eigenvalue weighted by Crippen LogP contribution is -2.66. The highest BCUT2D eigenvalue weighted by Gasteiger charge is 2.50. The molecule has 10 nitrogen and oxygen atoms in total. The van der Waals surface area contributed by atoms with Gasteiger partial charge in [-0.25, -0.2) is 9.97 Å². The molecule has 12 heteroatoms. The number of pyridine rings is 2. The van der Waals surface area contributed by atoms with Crippen molar-refractivity contribution in [2.75, 3.05) is 64.0 Å². The molecule has 40 heavy (non-hydrogen) atoms. The number of nitrogens with zero attached hydrogens (tertiary/aromatic N) is 3. The lowest BCUT2D eigenvalue weighted by atomic mass is 9.78. The van der Waals surface area contributed by atoms with Crippen molar-refractivity contribution in [3.05, 3.63) is 47.1 Å². The Labute approximate surface area is 241 Å². The molecule has 1 aromatic carbocycles. The van der Waals surface area contributed by atoms with Crippen LogP contribution in [0.2, 0.25) is 10.0 Å². The molecule has 0 unspecified atom stereocenters. The van der Waals surface area contributed by atoms with E-state index >= 15 is 0 Å². The SMILES string of the molecule is C=CC(=O)N[C@H]1COC[C@H]1Nc1cc2c(N3CC4(COC4)C3)nc(-c3c(Cl)c(OC)cc(OC)c3Cl)cc2cn1. The van der Waals surface area contributed by atoms with Crippen LogP contribution in [0.15, 0.2) is 37.1 Å². The number of hydrogen-bond donors (Lipinski definition) is 2. The molecule has 3 aromatic rings. The van der Waals surface area contributed by atoms with Gasteiger partial charge in [-0.2, -0.15) is 0 Å². The van der Waals surface area contributed by atoms with E-state index in [0.717, 1.165) is 42.9 Å². The maximum absolute atomic E-state index is 11.9. The van der Waals surface area contributed by atoms with Crippen LogP contribution in [-0.2, 0) is 14.3 Å². The van der Waals surface area contributed by atoms with Crippen LogP contribution in [0.4, 0.5) is 11.6 Å². The number of hydrogen-bond acceptors (Lipinski definition) is 9. The minimum atomic E-state index is -0.244. The Hall–Kier alpha value is -3.31. The van der Waals surface area contributed by atoms with Gasteiger partial charge in [0.1, 0.15) is 23.1 Å². The first kappa shape index (κ1) is 26.9. The molecule has 2 N–H and O–H groups in total. The topological polar surface area (TPSA) is 107 Å². The largest absolute Gasteiger partial charge is 0.495 e. The highest BCUT2D eigenvalue weighted by molar-refractivity contribution is 6.41. The molecule has 210 valence electrons. The average Bonchev–Trinajstić information content (AvgIpc) is 3.33. The first-order valence-electron chi connectivity index (χ1n) is 12.9. The van der Waals surface area contributed by atoms with Gasteiger partial charge < -0.3 is 34.5 Å². The van der Waals surface area contributed by atoms with Gasteiger partial charge in [-0.1, -0.05) is 29.8 Å². The molecule has 0 radical (unpaired) electrons. The second-order valence-corrected chi connectivity index (χ2v) is 11.1. The summed E-state index contributed by atoms with van der Waals surface area (Å²) in [5.74, 6) is 2.07. The number of fused-ring (bicyclic) bond motifs is 1. The molecule has 1 spiro atoms. The first-order chi connectivity index (χ1) is 19.3. The van der Waals surface area contributed by atoms with Crippen LogP contribution in [0.3, 0.4) is 0 Å². The number of anilines is 2. The molecule has 1 amide bonds. The highest BCUT2D eigenvalue weighted by Crippen LogP contribution is 2.48. The number of ether oxygens (including phenoxy) is 4. The number of carbonyl (C=O) groups is 1. The monoisotopic (exact) mass is 585 g/mol. The third-order valence-electron chi connectivity index (χ3n) is 7.62. The zero-order valence-electron chi connectivity index (χ0n) is 22.1. The lowest BCUT2D eigenvalue weighted by Gasteiger charge is -2.55. The molecule has 3 aliphatic heterocycles.